The van der Waals surface area contributed by atoms with Gasteiger partial charge in [0.2, 0.25) is 0 Å². The molecule has 0 radical (unpaired) electrons. The quantitative estimate of drug-likeness (QED) is 0.101. The van der Waals surface area contributed by atoms with Crippen molar-refractivity contribution >= 4 is 27.8 Å². The van der Waals surface area contributed by atoms with Crippen LogP contribution in [-0.2, 0) is 39.1 Å². The molecule has 252 valence electrons. The van der Waals surface area contributed by atoms with Crippen LogP contribution < -0.4 is 11.3 Å². The van der Waals surface area contributed by atoms with Crippen LogP contribution in [0, 0.1) is 11.3 Å². The molecule has 0 aliphatic heterocycles. The predicted molar refractivity (Wildman–Crippen MR) is 182 cm³/mol. The second kappa shape index (κ2) is 16.1. The predicted octanol–water partition coefficient (Wildman–Crippen LogP) is 4.18. The number of aromatic nitrogens is 2. The Balaban J connectivity index is 0.000000401. The van der Waals surface area contributed by atoms with Crippen LogP contribution in [0.1, 0.15) is 52.7 Å². The molecule has 5 rings (SSSR count). The summed E-state index contributed by atoms with van der Waals surface area (Å²) in [5, 5.41) is 11.8. The van der Waals surface area contributed by atoms with Crippen LogP contribution in [-0.4, -0.2) is 58.5 Å². The number of nitrogen functional groups attached to an aromatic ring is 1. The standard InChI is InChI=1S/C28H31N5O4.C7H8O3S/c1-32(22-14-12-21(13-15-22)28(36)37-17-18-6-4-3-5-7-18)26(34)23-16-24(31-33(2)27(23)35)19-8-10-20(11-9-19)25(29)30;8-11(9,10)6-7-4-2-1-3-5-7/h3-11,16,21-22H,12-15,17H2,1-2H3,(H3,29,30);1-5H,6H2,(H,8,9,10). The highest BCUT2D eigenvalue weighted by Crippen LogP contribution is 2.29. The number of carbonyl (C=O) groups is 2. The number of nitrogens with two attached hydrogens (primary N) is 1. The lowest BCUT2D eigenvalue weighted by molar-refractivity contribution is -0.151. The molecule has 48 heavy (non-hydrogen) atoms. The highest BCUT2D eigenvalue weighted by Gasteiger charge is 2.32. The van der Waals surface area contributed by atoms with E-state index in [2.05, 4.69) is 5.10 Å². The van der Waals surface area contributed by atoms with Crippen molar-refractivity contribution in [1.82, 2.24) is 14.7 Å². The van der Waals surface area contributed by atoms with Gasteiger partial charge in [-0.05, 0) is 42.9 Å². The summed E-state index contributed by atoms with van der Waals surface area (Å²) < 4.78 is 35.8. The molecule has 0 spiro atoms. The fraction of sp³-hybridized carbons (Fsp3) is 0.286. The van der Waals surface area contributed by atoms with Gasteiger partial charge in [0, 0.05) is 31.3 Å². The van der Waals surface area contributed by atoms with Crippen molar-refractivity contribution in [3.05, 3.63) is 124 Å². The van der Waals surface area contributed by atoms with E-state index in [1.165, 1.54) is 13.1 Å². The molecule has 1 aliphatic carbocycles. The highest BCUT2D eigenvalue weighted by molar-refractivity contribution is 7.85. The van der Waals surface area contributed by atoms with Gasteiger partial charge in [0.25, 0.3) is 21.6 Å². The minimum Gasteiger partial charge on any atom is -0.461 e. The Kier molecular flexibility index (Phi) is 12.0. The van der Waals surface area contributed by atoms with Gasteiger partial charge >= 0.3 is 5.97 Å². The van der Waals surface area contributed by atoms with Crippen molar-refractivity contribution in [1.29, 1.82) is 5.41 Å². The lowest BCUT2D eigenvalue weighted by Gasteiger charge is -2.34. The third-order valence-corrected chi connectivity index (χ3v) is 8.80. The molecule has 0 bridgehead atoms. The number of amidine groups is 1. The van der Waals surface area contributed by atoms with Gasteiger partial charge in [-0.3, -0.25) is 24.3 Å². The molecule has 1 aromatic heterocycles. The van der Waals surface area contributed by atoms with Crippen LogP contribution in [0.2, 0.25) is 0 Å². The summed E-state index contributed by atoms with van der Waals surface area (Å²) in [6, 6.07) is 26.4. The average Bonchev–Trinajstić information content (AvgIpc) is 3.08. The van der Waals surface area contributed by atoms with Gasteiger partial charge in [-0.1, -0.05) is 84.9 Å². The molecule has 1 fully saturated rings. The van der Waals surface area contributed by atoms with Gasteiger partial charge in [-0.15, -0.1) is 0 Å². The first-order chi connectivity index (χ1) is 22.8. The van der Waals surface area contributed by atoms with E-state index in [4.69, 9.17) is 20.4 Å². The zero-order chi connectivity index (χ0) is 34.8. The number of hydrogen-bond acceptors (Lipinski definition) is 8. The summed E-state index contributed by atoms with van der Waals surface area (Å²) in [6.07, 6.45) is 2.55. The lowest BCUT2D eigenvalue weighted by atomic mass is 9.85. The summed E-state index contributed by atoms with van der Waals surface area (Å²) in [5.74, 6) is -1.13. The first-order valence-electron chi connectivity index (χ1n) is 15.3. The van der Waals surface area contributed by atoms with Crippen molar-refractivity contribution in [3.63, 3.8) is 0 Å². The van der Waals surface area contributed by atoms with Crippen LogP contribution in [0.3, 0.4) is 0 Å². The molecule has 1 heterocycles. The van der Waals surface area contributed by atoms with E-state index >= 15 is 0 Å². The summed E-state index contributed by atoms with van der Waals surface area (Å²) in [5.41, 5.74) is 8.37. The number of aryl methyl sites for hydroxylation is 1. The second-order valence-corrected chi connectivity index (χ2v) is 13.0. The minimum absolute atomic E-state index is 0.0371. The third kappa shape index (κ3) is 9.93. The molecule has 4 aromatic rings. The Hall–Kier alpha value is -5.14. The van der Waals surface area contributed by atoms with Crippen molar-refractivity contribution < 1.29 is 27.3 Å². The SMILES string of the molecule is CN(C(=O)c1cc(-c2ccc(C(=N)N)cc2)nn(C)c1=O)C1CCC(C(=O)OCc2ccccc2)CC1.O=S(=O)(O)Cc1ccccc1. The minimum atomic E-state index is -3.88. The number of hydrogen-bond donors (Lipinski definition) is 3. The van der Waals surface area contributed by atoms with E-state index < -0.39 is 15.7 Å². The van der Waals surface area contributed by atoms with E-state index in [0.717, 1.165) is 10.2 Å². The van der Waals surface area contributed by atoms with E-state index in [1.54, 1.807) is 66.5 Å². The van der Waals surface area contributed by atoms with Crippen molar-refractivity contribution in [2.45, 2.75) is 44.1 Å². The largest absolute Gasteiger partial charge is 0.461 e. The van der Waals surface area contributed by atoms with Crippen molar-refractivity contribution in [2.24, 2.45) is 18.7 Å². The van der Waals surface area contributed by atoms with Gasteiger partial charge in [-0.2, -0.15) is 13.5 Å². The second-order valence-electron chi connectivity index (χ2n) is 11.6. The molecule has 13 heteroatoms. The highest BCUT2D eigenvalue weighted by atomic mass is 32.2. The zero-order valence-electron chi connectivity index (χ0n) is 26.8. The molecule has 0 saturated heterocycles. The lowest BCUT2D eigenvalue weighted by Crippen LogP contribution is -2.43. The number of esters is 1. The molecule has 0 unspecified atom stereocenters. The van der Waals surface area contributed by atoms with E-state index in [0.29, 0.717) is 48.1 Å². The number of amides is 1. The molecular formula is C35H39N5O7S. The van der Waals surface area contributed by atoms with E-state index in [-0.39, 0.29) is 47.6 Å². The van der Waals surface area contributed by atoms with Crippen LogP contribution >= 0.6 is 0 Å². The zero-order valence-corrected chi connectivity index (χ0v) is 27.6. The van der Waals surface area contributed by atoms with E-state index in [1.807, 2.05) is 30.3 Å². The van der Waals surface area contributed by atoms with Crippen molar-refractivity contribution in [2.75, 3.05) is 7.05 Å². The number of ether oxygens (including phenoxy) is 1. The van der Waals surface area contributed by atoms with Crippen LogP contribution in [0.25, 0.3) is 11.3 Å². The van der Waals surface area contributed by atoms with Gasteiger partial charge in [0.1, 0.15) is 23.8 Å². The molecule has 3 aromatic carbocycles. The smallest absolute Gasteiger partial charge is 0.309 e. The number of benzene rings is 3. The first kappa shape index (κ1) is 35.7. The van der Waals surface area contributed by atoms with Crippen LogP contribution in [0.15, 0.2) is 95.8 Å². The molecule has 1 saturated carbocycles. The molecule has 4 N–H and O–H groups in total. The van der Waals surface area contributed by atoms with Gasteiger partial charge < -0.3 is 15.4 Å². The Morgan fingerprint density at radius 3 is 2.06 bits per heavy atom. The monoisotopic (exact) mass is 673 g/mol. The molecule has 12 nitrogen and oxygen atoms in total. The topological polar surface area (TPSA) is 186 Å². The first-order valence-corrected chi connectivity index (χ1v) is 16.9. The van der Waals surface area contributed by atoms with Gasteiger partial charge in [0.15, 0.2) is 0 Å². The van der Waals surface area contributed by atoms with Gasteiger partial charge in [0.05, 0.1) is 11.6 Å². The molecular weight excluding hydrogens is 634 g/mol. The van der Waals surface area contributed by atoms with E-state index in [9.17, 15) is 22.8 Å². The normalized spacial score (nSPS) is 15.8. The Morgan fingerprint density at radius 2 is 1.52 bits per heavy atom. The fourth-order valence-electron chi connectivity index (χ4n) is 5.41. The Morgan fingerprint density at radius 1 is 0.958 bits per heavy atom. The van der Waals surface area contributed by atoms with Crippen LogP contribution in [0.4, 0.5) is 0 Å². The summed E-state index contributed by atoms with van der Waals surface area (Å²) in [4.78, 5) is 40.3. The fourth-order valence-corrected chi connectivity index (χ4v) is 6.02. The van der Waals surface area contributed by atoms with Crippen LogP contribution in [0.5, 0.6) is 0 Å². The summed E-state index contributed by atoms with van der Waals surface area (Å²) in [7, 11) is -0.668. The maximum absolute atomic E-state index is 13.4. The number of nitrogens with one attached hydrogen (secondary N) is 1. The number of rotatable bonds is 9. The molecule has 1 amide bonds. The maximum atomic E-state index is 13.4. The Bertz CT molecular complexity index is 1890. The number of nitrogens with zero attached hydrogens (tertiary/aromatic N) is 3. The summed E-state index contributed by atoms with van der Waals surface area (Å²) >= 11 is 0. The Labute approximate surface area is 279 Å². The number of carbonyl (C=O) groups excluding carboxylic acids is 2. The molecule has 1 aliphatic rings. The molecule has 0 atom stereocenters. The maximum Gasteiger partial charge on any atom is 0.309 e. The third-order valence-electron chi connectivity index (χ3n) is 8.10. The van der Waals surface area contributed by atoms with Gasteiger partial charge in [-0.25, -0.2) is 4.68 Å². The average molecular weight is 674 g/mol. The summed E-state index contributed by atoms with van der Waals surface area (Å²) in [6.45, 7) is 0.253. The van der Waals surface area contributed by atoms with Crippen molar-refractivity contribution in [3.8, 4) is 11.3 Å².